The molecule has 0 aromatic heterocycles. The molecule has 0 radical (unpaired) electrons. The molecule has 1 aliphatic rings. The minimum absolute atomic E-state index is 0.718. The second kappa shape index (κ2) is 8.12. The van der Waals surface area contributed by atoms with Crippen molar-refractivity contribution in [2.24, 2.45) is 5.92 Å². The van der Waals surface area contributed by atoms with Crippen molar-refractivity contribution in [3.05, 3.63) is 0 Å². The molecule has 0 aromatic rings. The van der Waals surface area contributed by atoms with Crippen molar-refractivity contribution in [3.63, 3.8) is 0 Å². The number of nitrogens with one attached hydrogen (secondary N) is 1. The van der Waals surface area contributed by atoms with Crippen molar-refractivity contribution in [2.45, 2.75) is 58.4 Å². The van der Waals surface area contributed by atoms with Crippen molar-refractivity contribution < 1.29 is 4.74 Å². The SMILES string of the molecule is CCCCCC1COCCC1NCCC. The Balaban J connectivity index is 2.22. The van der Waals surface area contributed by atoms with Gasteiger partial charge in [-0.25, -0.2) is 0 Å². The van der Waals surface area contributed by atoms with E-state index in [1.807, 2.05) is 0 Å². The van der Waals surface area contributed by atoms with Gasteiger partial charge in [-0.2, -0.15) is 0 Å². The molecule has 1 N–H and O–H groups in total. The highest BCUT2D eigenvalue weighted by atomic mass is 16.5. The predicted octanol–water partition coefficient (Wildman–Crippen LogP) is 2.97. The number of unbranched alkanes of at least 4 members (excludes halogenated alkanes) is 2. The highest BCUT2D eigenvalue weighted by molar-refractivity contribution is 4.79. The summed E-state index contributed by atoms with van der Waals surface area (Å²) >= 11 is 0. The molecule has 2 atom stereocenters. The Bertz CT molecular complexity index is 149. The van der Waals surface area contributed by atoms with E-state index in [0.29, 0.717) is 0 Å². The molecule has 1 fully saturated rings. The van der Waals surface area contributed by atoms with Gasteiger partial charge in [0.05, 0.1) is 6.61 Å². The Morgan fingerprint density at radius 1 is 1.20 bits per heavy atom. The number of hydrogen-bond acceptors (Lipinski definition) is 2. The zero-order valence-electron chi connectivity index (χ0n) is 10.4. The van der Waals surface area contributed by atoms with Crippen LogP contribution in [-0.2, 0) is 4.74 Å². The zero-order chi connectivity index (χ0) is 10.9. The molecule has 1 aliphatic heterocycles. The average Bonchev–Trinajstić information content (AvgIpc) is 2.28. The lowest BCUT2D eigenvalue weighted by atomic mass is 9.90. The molecule has 1 rings (SSSR count). The van der Waals surface area contributed by atoms with E-state index in [0.717, 1.165) is 31.7 Å². The van der Waals surface area contributed by atoms with Gasteiger partial charge in [-0.05, 0) is 31.7 Å². The van der Waals surface area contributed by atoms with Crippen molar-refractivity contribution in [2.75, 3.05) is 19.8 Å². The Morgan fingerprint density at radius 2 is 2.07 bits per heavy atom. The molecule has 90 valence electrons. The predicted molar refractivity (Wildman–Crippen MR) is 65.1 cm³/mol. The van der Waals surface area contributed by atoms with Crippen molar-refractivity contribution in [1.29, 1.82) is 0 Å². The van der Waals surface area contributed by atoms with E-state index >= 15 is 0 Å². The first-order chi connectivity index (χ1) is 7.38. The molecule has 0 amide bonds. The van der Waals surface area contributed by atoms with E-state index in [1.54, 1.807) is 0 Å². The molecule has 0 aliphatic carbocycles. The van der Waals surface area contributed by atoms with Crippen LogP contribution in [0.3, 0.4) is 0 Å². The maximum absolute atomic E-state index is 5.58. The number of ether oxygens (including phenoxy) is 1. The van der Waals surface area contributed by atoms with Gasteiger partial charge in [-0.15, -0.1) is 0 Å². The van der Waals surface area contributed by atoms with Crippen molar-refractivity contribution in [1.82, 2.24) is 5.32 Å². The second-order valence-electron chi connectivity index (χ2n) is 4.68. The summed E-state index contributed by atoms with van der Waals surface area (Å²) in [5.41, 5.74) is 0. The van der Waals surface area contributed by atoms with E-state index in [2.05, 4.69) is 19.2 Å². The summed E-state index contributed by atoms with van der Waals surface area (Å²) in [6.07, 6.45) is 7.84. The highest BCUT2D eigenvalue weighted by Crippen LogP contribution is 2.21. The van der Waals surface area contributed by atoms with Gasteiger partial charge in [0.15, 0.2) is 0 Å². The summed E-state index contributed by atoms with van der Waals surface area (Å²) in [7, 11) is 0. The molecule has 1 saturated heterocycles. The van der Waals surface area contributed by atoms with Crippen LogP contribution >= 0.6 is 0 Å². The van der Waals surface area contributed by atoms with E-state index in [4.69, 9.17) is 4.74 Å². The van der Waals surface area contributed by atoms with E-state index in [9.17, 15) is 0 Å². The van der Waals surface area contributed by atoms with Crippen LogP contribution in [0.2, 0.25) is 0 Å². The molecule has 15 heavy (non-hydrogen) atoms. The van der Waals surface area contributed by atoms with Crippen LogP contribution in [0.15, 0.2) is 0 Å². The summed E-state index contributed by atoms with van der Waals surface area (Å²) < 4.78 is 5.58. The quantitative estimate of drug-likeness (QED) is 0.656. The van der Waals surface area contributed by atoms with Gasteiger partial charge in [0, 0.05) is 12.6 Å². The lowest BCUT2D eigenvalue weighted by Crippen LogP contribution is -2.43. The summed E-state index contributed by atoms with van der Waals surface area (Å²) in [6.45, 7) is 7.59. The second-order valence-corrected chi connectivity index (χ2v) is 4.68. The summed E-state index contributed by atoms with van der Waals surface area (Å²) in [5, 5.41) is 3.67. The van der Waals surface area contributed by atoms with Crippen LogP contribution in [0.5, 0.6) is 0 Å². The molecular weight excluding hydrogens is 186 g/mol. The Labute approximate surface area is 94.8 Å². The molecule has 0 spiro atoms. The van der Waals surface area contributed by atoms with Crippen LogP contribution in [0.1, 0.15) is 52.4 Å². The fraction of sp³-hybridized carbons (Fsp3) is 1.00. The normalized spacial score (nSPS) is 26.8. The maximum Gasteiger partial charge on any atom is 0.0509 e. The standard InChI is InChI=1S/C13H27NO/c1-3-5-6-7-12-11-15-10-8-13(12)14-9-4-2/h12-14H,3-11H2,1-2H3. The van der Waals surface area contributed by atoms with E-state index < -0.39 is 0 Å². The van der Waals surface area contributed by atoms with Crippen molar-refractivity contribution in [3.8, 4) is 0 Å². The topological polar surface area (TPSA) is 21.3 Å². The van der Waals surface area contributed by atoms with Crippen molar-refractivity contribution >= 4 is 0 Å². The lowest BCUT2D eigenvalue weighted by Gasteiger charge is -2.32. The van der Waals surface area contributed by atoms with Crippen LogP contribution in [0.25, 0.3) is 0 Å². The Morgan fingerprint density at radius 3 is 2.80 bits per heavy atom. The molecule has 1 heterocycles. The minimum atomic E-state index is 0.718. The summed E-state index contributed by atoms with van der Waals surface area (Å²) in [6, 6.07) is 0.718. The van der Waals surface area contributed by atoms with E-state index in [1.165, 1.54) is 38.5 Å². The monoisotopic (exact) mass is 213 g/mol. The molecule has 0 aromatic carbocycles. The fourth-order valence-electron chi connectivity index (χ4n) is 2.34. The lowest BCUT2D eigenvalue weighted by molar-refractivity contribution is 0.0279. The molecule has 2 heteroatoms. The third kappa shape index (κ3) is 4.98. The third-order valence-electron chi connectivity index (χ3n) is 3.31. The van der Waals surface area contributed by atoms with Crippen LogP contribution < -0.4 is 5.32 Å². The average molecular weight is 213 g/mol. The van der Waals surface area contributed by atoms with Gasteiger partial charge in [0.2, 0.25) is 0 Å². The van der Waals surface area contributed by atoms with Crippen LogP contribution in [0, 0.1) is 5.92 Å². The highest BCUT2D eigenvalue weighted by Gasteiger charge is 2.24. The minimum Gasteiger partial charge on any atom is -0.381 e. The fourth-order valence-corrected chi connectivity index (χ4v) is 2.34. The molecular formula is C13H27NO. The maximum atomic E-state index is 5.58. The Hall–Kier alpha value is -0.0800. The largest absolute Gasteiger partial charge is 0.381 e. The van der Waals surface area contributed by atoms with Gasteiger partial charge in [-0.3, -0.25) is 0 Å². The van der Waals surface area contributed by atoms with Gasteiger partial charge < -0.3 is 10.1 Å². The smallest absolute Gasteiger partial charge is 0.0509 e. The van der Waals surface area contributed by atoms with Crippen LogP contribution in [0.4, 0.5) is 0 Å². The molecule has 2 unspecified atom stereocenters. The third-order valence-corrected chi connectivity index (χ3v) is 3.31. The zero-order valence-corrected chi connectivity index (χ0v) is 10.4. The van der Waals surface area contributed by atoms with E-state index in [-0.39, 0.29) is 0 Å². The first kappa shape index (κ1) is 13.0. The van der Waals surface area contributed by atoms with Gasteiger partial charge >= 0.3 is 0 Å². The summed E-state index contributed by atoms with van der Waals surface area (Å²) in [4.78, 5) is 0. The summed E-state index contributed by atoms with van der Waals surface area (Å²) in [5.74, 6) is 0.761. The first-order valence-corrected chi connectivity index (χ1v) is 6.69. The Kier molecular flexibility index (Phi) is 7.03. The molecule has 0 saturated carbocycles. The number of rotatable bonds is 7. The molecule has 2 nitrogen and oxygen atoms in total. The van der Waals surface area contributed by atoms with Crippen LogP contribution in [-0.4, -0.2) is 25.8 Å². The van der Waals surface area contributed by atoms with Gasteiger partial charge in [0.25, 0.3) is 0 Å². The van der Waals surface area contributed by atoms with Gasteiger partial charge in [0.1, 0.15) is 0 Å². The number of hydrogen-bond donors (Lipinski definition) is 1. The molecule has 0 bridgehead atoms. The van der Waals surface area contributed by atoms with Gasteiger partial charge in [-0.1, -0.05) is 33.1 Å². The first-order valence-electron chi connectivity index (χ1n) is 6.69.